The van der Waals surface area contributed by atoms with Gasteiger partial charge in [-0.2, -0.15) is 0 Å². The quantitative estimate of drug-likeness (QED) is 0.646. The van der Waals surface area contributed by atoms with Crippen LogP contribution in [0.1, 0.15) is 18.9 Å². The zero-order valence-corrected chi connectivity index (χ0v) is 17.2. The van der Waals surface area contributed by atoms with Crippen LogP contribution in [0.4, 0.5) is 18.0 Å². The van der Waals surface area contributed by atoms with Crippen LogP contribution in [0, 0.1) is 0 Å². The molecule has 0 aromatic heterocycles. The molecule has 0 aliphatic carbocycles. The first-order valence-corrected chi connectivity index (χ1v) is 10.9. The van der Waals surface area contributed by atoms with E-state index in [9.17, 15) is 31.2 Å². The number of amides is 3. The van der Waals surface area contributed by atoms with Gasteiger partial charge in [-0.3, -0.25) is 9.69 Å². The van der Waals surface area contributed by atoms with Crippen molar-refractivity contribution < 1.29 is 35.9 Å². The predicted molar refractivity (Wildman–Crippen MR) is 104 cm³/mol. The SMILES string of the molecule is CC1(c2ccc(OC(F)(F)F)cc2)NC(=O)N(CCCS(=O)(=O)c2ccccc2)C1=O. The average molecular weight is 456 g/mol. The molecule has 31 heavy (non-hydrogen) atoms. The molecule has 1 fully saturated rings. The summed E-state index contributed by atoms with van der Waals surface area (Å²) in [6.07, 6.45) is -4.81. The van der Waals surface area contributed by atoms with Crippen molar-refractivity contribution in [3.8, 4) is 5.75 Å². The van der Waals surface area contributed by atoms with Crippen LogP contribution >= 0.6 is 0 Å². The van der Waals surface area contributed by atoms with Gasteiger partial charge in [0.1, 0.15) is 11.3 Å². The minimum absolute atomic E-state index is 0.0326. The molecule has 3 rings (SSSR count). The van der Waals surface area contributed by atoms with Gasteiger partial charge in [0.25, 0.3) is 5.91 Å². The molecular weight excluding hydrogens is 437 g/mol. The highest BCUT2D eigenvalue weighted by atomic mass is 32.2. The highest BCUT2D eigenvalue weighted by molar-refractivity contribution is 7.91. The van der Waals surface area contributed by atoms with Gasteiger partial charge in [-0.1, -0.05) is 30.3 Å². The van der Waals surface area contributed by atoms with Crippen LogP contribution in [0.15, 0.2) is 59.5 Å². The fourth-order valence-electron chi connectivity index (χ4n) is 3.24. The number of sulfone groups is 1. The summed E-state index contributed by atoms with van der Waals surface area (Å²) >= 11 is 0. The number of carbonyl (C=O) groups excluding carboxylic acids is 2. The fourth-order valence-corrected chi connectivity index (χ4v) is 4.56. The molecule has 1 aliphatic heterocycles. The highest BCUT2D eigenvalue weighted by Gasteiger charge is 2.48. The first-order chi connectivity index (χ1) is 14.4. The van der Waals surface area contributed by atoms with E-state index in [2.05, 4.69) is 10.1 Å². The molecule has 2 aromatic carbocycles. The Morgan fingerprint density at radius 2 is 1.65 bits per heavy atom. The molecule has 1 heterocycles. The maximum Gasteiger partial charge on any atom is 0.573 e. The minimum atomic E-state index is -4.85. The number of rotatable bonds is 7. The van der Waals surface area contributed by atoms with E-state index in [4.69, 9.17) is 0 Å². The molecule has 0 spiro atoms. The fraction of sp³-hybridized carbons (Fsp3) is 0.300. The summed E-state index contributed by atoms with van der Waals surface area (Å²) in [6.45, 7) is 1.30. The number of alkyl halides is 3. The lowest BCUT2D eigenvalue weighted by Crippen LogP contribution is -2.41. The molecule has 1 unspecified atom stereocenters. The van der Waals surface area contributed by atoms with Crippen molar-refractivity contribution in [2.75, 3.05) is 12.3 Å². The van der Waals surface area contributed by atoms with Crippen molar-refractivity contribution in [1.29, 1.82) is 0 Å². The number of hydrogen-bond donors (Lipinski definition) is 1. The summed E-state index contributed by atoms with van der Waals surface area (Å²) in [5, 5.41) is 2.52. The van der Waals surface area contributed by atoms with E-state index in [1.54, 1.807) is 18.2 Å². The van der Waals surface area contributed by atoms with Crippen LogP contribution in [0.2, 0.25) is 0 Å². The third kappa shape index (κ3) is 4.98. The zero-order valence-electron chi connectivity index (χ0n) is 16.3. The van der Waals surface area contributed by atoms with Gasteiger partial charge in [0.15, 0.2) is 9.84 Å². The summed E-state index contributed by atoms with van der Waals surface area (Å²) in [7, 11) is -3.56. The number of benzene rings is 2. The Morgan fingerprint density at radius 1 is 1.03 bits per heavy atom. The lowest BCUT2D eigenvalue weighted by Gasteiger charge is -2.22. The van der Waals surface area contributed by atoms with E-state index in [0.717, 1.165) is 17.0 Å². The largest absolute Gasteiger partial charge is 0.573 e. The molecule has 0 bridgehead atoms. The Kier molecular flexibility index (Phi) is 5.99. The Hall–Kier alpha value is -3.08. The summed E-state index contributed by atoms with van der Waals surface area (Å²) in [5.41, 5.74) is -1.23. The number of imide groups is 1. The summed E-state index contributed by atoms with van der Waals surface area (Å²) < 4.78 is 65.4. The average Bonchev–Trinajstić information content (AvgIpc) is 2.92. The van der Waals surface area contributed by atoms with Crippen LogP contribution in [-0.2, 0) is 20.2 Å². The molecule has 0 radical (unpaired) electrons. The van der Waals surface area contributed by atoms with E-state index in [1.165, 1.54) is 31.2 Å². The molecule has 3 amide bonds. The molecule has 1 aliphatic rings. The van der Waals surface area contributed by atoms with Crippen LogP contribution in [-0.4, -0.2) is 43.9 Å². The van der Waals surface area contributed by atoms with Gasteiger partial charge in [0.05, 0.1) is 10.6 Å². The maximum absolute atomic E-state index is 12.9. The maximum atomic E-state index is 12.9. The molecule has 1 N–H and O–H groups in total. The van der Waals surface area contributed by atoms with Gasteiger partial charge >= 0.3 is 12.4 Å². The first-order valence-electron chi connectivity index (χ1n) is 9.21. The molecule has 11 heteroatoms. The second-order valence-electron chi connectivity index (χ2n) is 7.07. The van der Waals surface area contributed by atoms with Gasteiger partial charge in [0, 0.05) is 6.54 Å². The summed E-state index contributed by atoms with van der Waals surface area (Å²) in [5.74, 6) is -1.34. The minimum Gasteiger partial charge on any atom is -0.406 e. The number of urea groups is 1. The van der Waals surface area contributed by atoms with Crippen molar-refractivity contribution in [2.45, 2.75) is 30.1 Å². The van der Waals surface area contributed by atoms with Crippen LogP contribution in [0.3, 0.4) is 0 Å². The molecule has 2 aromatic rings. The van der Waals surface area contributed by atoms with E-state index in [0.29, 0.717) is 0 Å². The second-order valence-corrected chi connectivity index (χ2v) is 9.18. The third-order valence-electron chi connectivity index (χ3n) is 4.84. The van der Waals surface area contributed by atoms with Crippen molar-refractivity contribution in [3.05, 3.63) is 60.2 Å². The highest BCUT2D eigenvalue weighted by Crippen LogP contribution is 2.31. The summed E-state index contributed by atoms with van der Waals surface area (Å²) in [6, 6.07) is 11.7. The number of halogens is 3. The van der Waals surface area contributed by atoms with Crippen LogP contribution < -0.4 is 10.1 Å². The second kappa shape index (κ2) is 8.22. The first kappa shape index (κ1) is 22.6. The normalized spacial score (nSPS) is 19.4. The van der Waals surface area contributed by atoms with E-state index < -0.39 is 39.4 Å². The zero-order chi connectivity index (χ0) is 22.9. The van der Waals surface area contributed by atoms with Crippen molar-refractivity contribution in [1.82, 2.24) is 10.2 Å². The molecule has 1 atom stereocenters. The van der Waals surface area contributed by atoms with Gasteiger partial charge in [-0.05, 0) is 43.2 Å². The molecule has 7 nitrogen and oxygen atoms in total. The van der Waals surface area contributed by atoms with Gasteiger partial charge in [-0.25, -0.2) is 13.2 Å². The lowest BCUT2D eigenvalue weighted by atomic mass is 9.92. The van der Waals surface area contributed by atoms with Crippen molar-refractivity contribution >= 4 is 21.8 Å². The molecule has 166 valence electrons. The van der Waals surface area contributed by atoms with Gasteiger partial charge in [0.2, 0.25) is 0 Å². The van der Waals surface area contributed by atoms with Crippen LogP contribution in [0.5, 0.6) is 5.75 Å². The molecule has 0 saturated carbocycles. The van der Waals surface area contributed by atoms with Crippen molar-refractivity contribution in [2.24, 2.45) is 0 Å². The summed E-state index contributed by atoms with van der Waals surface area (Å²) in [4.78, 5) is 26.2. The monoisotopic (exact) mass is 456 g/mol. The molecule has 1 saturated heterocycles. The topological polar surface area (TPSA) is 92.8 Å². The molecular formula is C20H19F3N2O5S. The Balaban J connectivity index is 1.67. The Bertz CT molecular complexity index is 1070. The standard InChI is InChI=1S/C20H19F3N2O5S/c1-19(14-8-10-15(11-9-14)30-20(21,22)23)17(26)25(18(27)24-19)12-5-13-31(28,29)16-6-3-2-4-7-16/h2-4,6-11H,5,12-13H2,1H3,(H,24,27). The van der Waals surface area contributed by atoms with E-state index in [1.807, 2.05) is 0 Å². The van der Waals surface area contributed by atoms with Crippen molar-refractivity contribution in [3.63, 3.8) is 0 Å². The number of hydrogen-bond acceptors (Lipinski definition) is 5. The van der Waals surface area contributed by atoms with Gasteiger partial charge < -0.3 is 10.1 Å². The number of ether oxygens (including phenoxy) is 1. The predicted octanol–water partition coefficient (Wildman–Crippen LogP) is 3.22. The Labute approximate surface area is 176 Å². The van der Waals surface area contributed by atoms with Gasteiger partial charge in [-0.15, -0.1) is 13.2 Å². The van der Waals surface area contributed by atoms with E-state index in [-0.39, 0.29) is 29.2 Å². The lowest BCUT2D eigenvalue weighted by molar-refractivity contribution is -0.274. The number of carbonyl (C=O) groups is 2. The smallest absolute Gasteiger partial charge is 0.406 e. The Morgan fingerprint density at radius 3 is 2.23 bits per heavy atom. The number of nitrogens with one attached hydrogen (secondary N) is 1. The number of nitrogens with zero attached hydrogens (tertiary/aromatic N) is 1. The van der Waals surface area contributed by atoms with Crippen LogP contribution in [0.25, 0.3) is 0 Å². The van der Waals surface area contributed by atoms with E-state index >= 15 is 0 Å². The third-order valence-corrected chi connectivity index (χ3v) is 6.65.